The summed E-state index contributed by atoms with van der Waals surface area (Å²) in [5, 5.41) is 0. The zero-order chi connectivity index (χ0) is 28.8. The van der Waals surface area contributed by atoms with Crippen LogP contribution in [0, 0.1) is 0 Å². The maximum atomic E-state index is 13.8. The Morgan fingerprint density at radius 1 is 0.829 bits per heavy atom. The molecule has 41 heavy (non-hydrogen) atoms. The van der Waals surface area contributed by atoms with Crippen LogP contribution in [0.15, 0.2) is 71.6 Å². The van der Waals surface area contributed by atoms with Crippen molar-refractivity contribution in [1.29, 1.82) is 0 Å². The third-order valence-corrected chi connectivity index (χ3v) is 9.45. The Bertz CT molecular complexity index is 1440. The van der Waals surface area contributed by atoms with Crippen LogP contribution in [0.25, 0.3) is 0 Å². The summed E-state index contributed by atoms with van der Waals surface area (Å²) in [6.45, 7) is 3.81. The number of benzene rings is 3. The normalized spacial score (nSPS) is 17.9. The molecule has 1 saturated heterocycles. The van der Waals surface area contributed by atoms with Gasteiger partial charge in [-0.1, -0.05) is 12.5 Å². The number of hydrogen-bond donors (Lipinski definition) is 0. The first-order valence-corrected chi connectivity index (χ1v) is 15.3. The van der Waals surface area contributed by atoms with Crippen LogP contribution in [0.5, 0.6) is 23.0 Å². The average Bonchev–Trinajstić information content (AvgIpc) is 3.01. The SMILES string of the molecule is COC(=O)C1c2ccc(OCCN3CCCCC3)cc2CCN1S(=O)(=O)c1ccc(Oc2ccc(OC)cc2)cc1. The Morgan fingerprint density at radius 2 is 1.46 bits per heavy atom. The van der Waals surface area contributed by atoms with Crippen molar-refractivity contribution in [1.82, 2.24) is 9.21 Å². The maximum Gasteiger partial charge on any atom is 0.328 e. The van der Waals surface area contributed by atoms with E-state index in [1.807, 2.05) is 6.07 Å². The molecule has 3 aromatic rings. The first kappa shape index (κ1) is 28.9. The highest BCUT2D eigenvalue weighted by molar-refractivity contribution is 7.89. The third-order valence-electron chi connectivity index (χ3n) is 7.57. The second-order valence-corrected chi connectivity index (χ2v) is 12.0. The molecule has 0 N–H and O–H groups in total. The van der Waals surface area contributed by atoms with Gasteiger partial charge >= 0.3 is 5.97 Å². The molecule has 1 fully saturated rings. The molecule has 0 saturated carbocycles. The van der Waals surface area contributed by atoms with E-state index in [0.717, 1.165) is 25.2 Å². The summed E-state index contributed by atoms with van der Waals surface area (Å²) in [6.07, 6.45) is 4.20. The topological polar surface area (TPSA) is 94.6 Å². The highest BCUT2D eigenvalue weighted by Crippen LogP contribution is 2.37. The molecule has 2 aliphatic heterocycles. The van der Waals surface area contributed by atoms with Gasteiger partial charge in [0.05, 0.1) is 19.1 Å². The molecule has 0 aromatic heterocycles. The molecule has 0 radical (unpaired) electrons. The van der Waals surface area contributed by atoms with Crippen LogP contribution in [-0.4, -0.2) is 70.6 Å². The Balaban J connectivity index is 1.30. The summed E-state index contributed by atoms with van der Waals surface area (Å²) in [6, 6.07) is 17.6. The zero-order valence-corrected chi connectivity index (χ0v) is 24.3. The summed E-state index contributed by atoms with van der Waals surface area (Å²) in [4.78, 5) is 15.4. The molecule has 218 valence electrons. The van der Waals surface area contributed by atoms with Gasteiger partial charge in [-0.05, 0) is 104 Å². The Labute approximate surface area is 241 Å². The van der Waals surface area contributed by atoms with Gasteiger partial charge in [0.15, 0.2) is 0 Å². The van der Waals surface area contributed by atoms with Gasteiger partial charge in [-0.3, -0.25) is 4.90 Å². The molecule has 3 aromatic carbocycles. The van der Waals surface area contributed by atoms with Crippen LogP contribution in [0.3, 0.4) is 0 Å². The van der Waals surface area contributed by atoms with Crippen molar-refractivity contribution in [2.45, 2.75) is 36.6 Å². The summed E-state index contributed by atoms with van der Waals surface area (Å²) < 4.78 is 50.8. The molecule has 1 atom stereocenters. The van der Waals surface area contributed by atoms with Gasteiger partial charge in [0, 0.05) is 13.1 Å². The van der Waals surface area contributed by atoms with E-state index in [0.29, 0.717) is 41.6 Å². The summed E-state index contributed by atoms with van der Waals surface area (Å²) >= 11 is 0. The van der Waals surface area contributed by atoms with Crippen LogP contribution >= 0.6 is 0 Å². The molecule has 0 bridgehead atoms. The number of carbonyl (C=O) groups excluding carboxylic acids is 1. The zero-order valence-electron chi connectivity index (χ0n) is 23.5. The molecule has 0 spiro atoms. The lowest BCUT2D eigenvalue weighted by Crippen LogP contribution is -2.43. The van der Waals surface area contributed by atoms with Crippen LogP contribution in [0.4, 0.5) is 0 Å². The number of fused-ring (bicyclic) bond motifs is 1. The Kier molecular flexibility index (Phi) is 9.12. The molecule has 0 aliphatic carbocycles. The summed E-state index contributed by atoms with van der Waals surface area (Å²) in [7, 11) is -1.16. The van der Waals surface area contributed by atoms with Crippen molar-refractivity contribution >= 4 is 16.0 Å². The number of ether oxygens (including phenoxy) is 4. The predicted molar refractivity (Wildman–Crippen MR) is 154 cm³/mol. The lowest BCUT2D eigenvalue weighted by atomic mass is 9.94. The number of hydrogen-bond acceptors (Lipinski definition) is 8. The minimum absolute atomic E-state index is 0.0644. The monoisotopic (exact) mass is 580 g/mol. The van der Waals surface area contributed by atoms with Crippen LogP contribution < -0.4 is 14.2 Å². The Hall–Kier alpha value is -3.60. The van der Waals surface area contributed by atoms with E-state index in [2.05, 4.69) is 4.90 Å². The van der Waals surface area contributed by atoms with Crippen molar-refractivity contribution in [3.63, 3.8) is 0 Å². The predicted octanol–water partition coefficient (Wildman–Crippen LogP) is 4.81. The minimum atomic E-state index is -4.02. The van der Waals surface area contributed by atoms with E-state index in [9.17, 15) is 13.2 Å². The molecule has 2 aliphatic rings. The largest absolute Gasteiger partial charge is 0.497 e. The molecule has 9 nitrogen and oxygen atoms in total. The average molecular weight is 581 g/mol. The fourth-order valence-corrected chi connectivity index (χ4v) is 6.92. The number of likely N-dealkylation sites (tertiary alicyclic amines) is 1. The molecule has 10 heteroatoms. The summed E-state index contributed by atoms with van der Waals surface area (Å²) in [5.41, 5.74) is 1.49. The van der Waals surface area contributed by atoms with Crippen molar-refractivity contribution in [3.8, 4) is 23.0 Å². The first-order valence-electron chi connectivity index (χ1n) is 13.9. The van der Waals surface area contributed by atoms with E-state index in [1.54, 1.807) is 55.6 Å². The Morgan fingerprint density at radius 3 is 2.12 bits per heavy atom. The van der Waals surface area contributed by atoms with Crippen LogP contribution in [0.1, 0.15) is 36.4 Å². The number of sulfonamides is 1. The number of esters is 1. The minimum Gasteiger partial charge on any atom is -0.497 e. The molecule has 0 amide bonds. The lowest BCUT2D eigenvalue weighted by molar-refractivity contribution is -0.145. The van der Waals surface area contributed by atoms with Gasteiger partial charge in [0.25, 0.3) is 0 Å². The standard InChI is InChI=1S/C31H36N2O7S/c1-37-24-6-8-25(9-7-24)40-26-10-13-28(14-11-26)41(35,36)33-19-16-23-22-27(12-15-29(23)30(33)31(34)38-2)39-21-20-32-17-4-3-5-18-32/h6-15,22,30H,3-5,16-21H2,1-2H3. The lowest BCUT2D eigenvalue weighted by Gasteiger charge is -2.34. The number of carbonyl (C=O) groups is 1. The van der Waals surface area contributed by atoms with Crippen LogP contribution in [-0.2, 0) is 26.0 Å². The van der Waals surface area contributed by atoms with Crippen molar-refractivity contribution < 1.29 is 32.2 Å². The highest BCUT2D eigenvalue weighted by Gasteiger charge is 2.41. The molecule has 5 rings (SSSR count). The number of methoxy groups -OCH3 is 2. The van der Waals surface area contributed by atoms with Gasteiger partial charge in [-0.2, -0.15) is 4.31 Å². The number of rotatable bonds is 10. The van der Waals surface area contributed by atoms with Gasteiger partial charge in [0.2, 0.25) is 10.0 Å². The van der Waals surface area contributed by atoms with Gasteiger partial charge in [-0.15, -0.1) is 0 Å². The van der Waals surface area contributed by atoms with Crippen molar-refractivity contribution in [2.75, 3.05) is 47.0 Å². The fourth-order valence-electron chi connectivity index (χ4n) is 5.36. The van der Waals surface area contributed by atoms with Crippen molar-refractivity contribution in [2.24, 2.45) is 0 Å². The molecular formula is C31H36N2O7S. The van der Waals surface area contributed by atoms with Gasteiger partial charge in [0.1, 0.15) is 35.6 Å². The number of piperidine rings is 1. The molecule has 2 heterocycles. The smallest absolute Gasteiger partial charge is 0.328 e. The van der Waals surface area contributed by atoms with Gasteiger partial charge < -0.3 is 18.9 Å². The van der Waals surface area contributed by atoms with E-state index >= 15 is 0 Å². The van der Waals surface area contributed by atoms with E-state index in [-0.39, 0.29) is 11.4 Å². The van der Waals surface area contributed by atoms with Crippen LogP contribution in [0.2, 0.25) is 0 Å². The van der Waals surface area contributed by atoms with E-state index in [1.165, 1.54) is 42.8 Å². The molecular weight excluding hydrogens is 544 g/mol. The third kappa shape index (κ3) is 6.66. The fraction of sp³-hybridized carbons (Fsp3) is 0.387. The second kappa shape index (κ2) is 12.9. The van der Waals surface area contributed by atoms with Gasteiger partial charge in [-0.25, -0.2) is 13.2 Å². The maximum absolute atomic E-state index is 13.8. The first-order chi connectivity index (χ1) is 19.9. The molecule has 1 unspecified atom stereocenters. The van der Waals surface area contributed by atoms with E-state index < -0.39 is 22.0 Å². The van der Waals surface area contributed by atoms with Crippen molar-refractivity contribution in [3.05, 3.63) is 77.9 Å². The second-order valence-electron chi connectivity index (χ2n) is 10.2. The quantitative estimate of drug-likeness (QED) is 0.316. The van der Waals surface area contributed by atoms with E-state index in [4.69, 9.17) is 18.9 Å². The summed E-state index contributed by atoms with van der Waals surface area (Å²) in [5.74, 6) is 1.87. The highest BCUT2D eigenvalue weighted by atomic mass is 32.2. The number of nitrogens with zero attached hydrogens (tertiary/aromatic N) is 2.